The van der Waals surface area contributed by atoms with Crippen molar-refractivity contribution in [1.29, 1.82) is 0 Å². The van der Waals surface area contributed by atoms with E-state index in [2.05, 4.69) is 64.3 Å². The molecule has 0 amide bonds. The molecule has 2 rings (SSSR count). The van der Waals surface area contributed by atoms with Crippen LogP contribution in [0.2, 0.25) is 0 Å². The third kappa shape index (κ3) is 3.05. The second-order valence-corrected chi connectivity index (χ2v) is 5.44. The van der Waals surface area contributed by atoms with Crippen molar-refractivity contribution < 1.29 is 0 Å². The summed E-state index contributed by atoms with van der Waals surface area (Å²) in [6.07, 6.45) is 0. The van der Waals surface area contributed by atoms with Crippen molar-refractivity contribution in [3.63, 3.8) is 0 Å². The number of nitrogen functional groups attached to an aromatic ring is 1. The first-order chi connectivity index (χ1) is 8.56. The Bertz CT molecular complexity index is 535. The Morgan fingerprint density at radius 2 is 1.78 bits per heavy atom. The zero-order valence-electron chi connectivity index (χ0n) is 10.7. The number of hydrogen-bond acceptors (Lipinski definition) is 2. The van der Waals surface area contributed by atoms with E-state index in [-0.39, 0.29) is 0 Å². The fourth-order valence-electron chi connectivity index (χ4n) is 1.82. The molecule has 0 spiro atoms. The largest absolute Gasteiger partial charge is 0.398 e. The molecule has 2 aromatic rings. The fourth-order valence-corrected chi connectivity index (χ4v) is 2.08. The van der Waals surface area contributed by atoms with Crippen LogP contribution in [0.1, 0.15) is 11.1 Å². The molecule has 0 saturated heterocycles. The van der Waals surface area contributed by atoms with Crippen LogP contribution in [0.15, 0.2) is 46.9 Å². The second-order valence-electron chi connectivity index (χ2n) is 4.52. The lowest BCUT2D eigenvalue weighted by Crippen LogP contribution is -2.16. The molecular formula is C15H17BrN2. The van der Waals surface area contributed by atoms with Gasteiger partial charge in [0.25, 0.3) is 0 Å². The molecule has 0 aliphatic rings. The van der Waals surface area contributed by atoms with E-state index in [9.17, 15) is 0 Å². The quantitative estimate of drug-likeness (QED) is 0.869. The average Bonchev–Trinajstić information content (AvgIpc) is 2.35. The Balaban J connectivity index is 2.13. The molecule has 0 atom stereocenters. The Morgan fingerprint density at radius 3 is 2.39 bits per heavy atom. The van der Waals surface area contributed by atoms with Crippen LogP contribution in [0.25, 0.3) is 0 Å². The van der Waals surface area contributed by atoms with Gasteiger partial charge in [0.15, 0.2) is 0 Å². The molecule has 0 bridgehead atoms. The van der Waals surface area contributed by atoms with E-state index in [4.69, 9.17) is 5.73 Å². The lowest BCUT2D eigenvalue weighted by Gasteiger charge is -2.20. The van der Waals surface area contributed by atoms with Crippen LogP contribution in [0.3, 0.4) is 0 Å². The number of anilines is 2. The number of rotatable bonds is 3. The fraction of sp³-hybridized carbons (Fsp3) is 0.200. The Hall–Kier alpha value is -1.48. The highest BCUT2D eigenvalue weighted by Crippen LogP contribution is 2.21. The maximum absolute atomic E-state index is 5.94. The maximum atomic E-state index is 5.94. The van der Waals surface area contributed by atoms with E-state index in [0.29, 0.717) is 0 Å². The van der Waals surface area contributed by atoms with Gasteiger partial charge >= 0.3 is 0 Å². The van der Waals surface area contributed by atoms with Crippen molar-refractivity contribution in [3.05, 3.63) is 58.1 Å². The summed E-state index contributed by atoms with van der Waals surface area (Å²) in [5.41, 5.74) is 10.3. The summed E-state index contributed by atoms with van der Waals surface area (Å²) in [6, 6.07) is 14.6. The van der Waals surface area contributed by atoms with Gasteiger partial charge in [0.1, 0.15) is 0 Å². The van der Waals surface area contributed by atoms with E-state index in [1.165, 1.54) is 5.56 Å². The molecule has 2 nitrogen and oxygen atoms in total. The van der Waals surface area contributed by atoms with Crippen molar-refractivity contribution in [2.24, 2.45) is 0 Å². The van der Waals surface area contributed by atoms with Crippen LogP contribution in [-0.2, 0) is 6.54 Å². The second kappa shape index (κ2) is 5.44. The van der Waals surface area contributed by atoms with Gasteiger partial charge in [-0.2, -0.15) is 0 Å². The summed E-state index contributed by atoms with van der Waals surface area (Å²) in [5, 5.41) is 0. The third-order valence-corrected chi connectivity index (χ3v) is 3.57. The molecule has 0 radical (unpaired) electrons. The number of halogens is 1. The normalized spacial score (nSPS) is 10.4. The van der Waals surface area contributed by atoms with Crippen LogP contribution in [0.4, 0.5) is 11.4 Å². The van der Waals surface area contributed by atoms with Gasteiger partial charge in [-0.15, -0.1) is 0 Å². The van der Waals surface area contributed by atoms with Crippen LogP contribution in [-0.4, -0.2) is 7.05 Å². The summed E-state index contributed by atoms with van der Waals surface area (Å²) in [5.74, 6) is 0. The zero-order chi connectivity index (χ0) is 13.1. The Labute approximate surface area is 117 Å². The molecule has 3 heteroatoms. The Kier molecular flexibility index (Phi) is 3.92. The standard InChI is InChI=1S/C15H17BrN2/c1-11-3-8-14(9-15(11)17)18(2)10-12-4-6-13(16)7-5-12/h3-9H,10,17H2,1-2H3. The minimum atomic E-state index is 0.843. The summed E-state index contributed by atoms with van der Waals surface area (Å²) < 4.78 is 1.11. The summed E-state index contributed by atoms with van der Waals surface area (Å²) in [7, 11) is 2.08. The average molecular weight is 305 g/mol. The van der Waals surface area contributed by atoms with Gasteiger partial charge in [0.05, 0.1) is 0 Å². The van der Waals surface area contributed by atoms with Gasteiger partial charge in [0, 0.05) is 29.4 Å². The van der Waals surface area contributed by atoms with Gasteiger partial charge in [-0.1, -0.05) is 34.1 Å². The molecule has 0 aliphatic heterocycles. The predicted molar refractivity (Wildman–Crippen MR) is 81.8 cm³/mol. The molecule has 0 aromatic heterocycles. The van der Waals surface area contributed by atoms with Crippen molar-refractivity contribution in [1.82, 2.24) is 0 Å². The molecule has 0 heterocycles. The topological polar surface area (TPSA) is 29.3 Å². The molecule has 18 heavy (non-hydrogen) atoms. The van der Waals surface area contributed by atoms with E-state index >= 15 is 0 Å². The summed E-state index contributed by atoms with van der Waals surface area (Å²) in [6.45, 7) is 2.89. The first kappa shape index (κ1) is 13.0. The van der Waals surface area contributed by atoms with Crippen molar-refractivity contribution in [3.8, 4) is 0 Å². The van der Waals surface area contributed by atoms with Crippen LogP contribution in [0, 0.1) is 6.92 Å². The van der Waals surface area contributed by atoms with Crippen LogP contribution in [0.5, 0.6) is 0 Å². The van der Waals surface area contributed by atoms with E-state index in [1.807, 2.05) is 13.0 Å². The molecule has 2 aromatic carbocycles. The maximum Gasteiger partial charge on any atom is 0.0426 e. The van der Waals surface area contributed by atoms with Crippen LogP contribution >= 0.6 is 15.9 Å². The van der Waals surface area contributed by atoms with Crippen LogP contribution < -0.4 is 10.6 Å². The molecule has 2 N–H and O–H groups in total. The zero-order valence-corrected chi connectivity index (χ0v) is 12.2. The van der Waals surface area contributed by atoms with Crippen molar-refractivity contribution in [2.45, 2.75) is 13.5 Å². The molecule has 0 aliphatic carbocycles. The molecule has 94 valence electrons. The number of nitrogens with zero attached hydrogens (tertiary/aromatic N) is 1. The molecule has 0 fully saturated rings. The number of benzene rings is 2. The predicted octanol–water partition coefficient (Wildman–Crippen LogP) is 3.98. The lowest BCUT2D eigenvalue weighted by molar-refractivity contribution is 0.923. The number of hydrogen-bond donors (Lipinski definition) is 1. The van der Waals surface area contributed by atoms with E-state index in [1.54, 1.807) is 0 Å². The monoisotopic (exact) mass is 304 g/mol. The smallest absolute Gasteiger partial charge is 0.0426 e. The SMILES string of the molecule is Cc1ccc(N(C)Cc2ccc(Br)cc2)cc1N. The van der Waals surface area contributed by atoms with Crippen molar-refractivity contribution >= 4 is 27.3 Å². The lowest BCUT2D eigenvalue weighted by atomic mass is 10.1. The molecular weight excluding hydrogens is 288 g/mol. The van der Waals surface area contributed by atoms with Gasteiger partial charge in [-0.3, -0.25) is 0 Å². The molecule has 0 unspecified atom stereocenters. The Morgan fingerprint density at radius 1 is 1.11 bits per heavy atom. The van der Waals surface area contributed by atoms with E-state index < -0.39 is 0 Å². The third-order valence-electron chi connectivity index (χ3n) is 3.04. The van der Waals surface area contributed by atoms with E-state index in [0.717, 1.165) is 28.0 Å². The number of nitrogens with two attached hydrogens (primary N) is 1. The van der Waals surface area contributed by atoms with Gasteiger partial charge in [-0.25, -0.2) is 0 Å². The first-order valence-corrected chi connectivity index (χ1v) is 6.67. The molecule has 0 saturated carbocycles. The van der Waals surface area contributed by atoms with Gasteiger partial charge in [-0.05, 0) is 42.3 Å². The highest BCUT2D eigenvalue weighted by atomic mass is 79.9. The summed E-state index contributed by atoms with van der Waals surface area (Å²) in [4.78, 5) is 2.19. The highest BCUT2D eigenvalue weighted by Gasteiger charge is 2.03. The minimum absolute atomic E-state index is 0.843. The number of aryl methyl sites for hydroxylation is 1. The first-order valence-electron chi connectivity index (χ1n) is 5.88. The minimum Gasteiger partial charge on any atom is -0.398 e. The van der Waals surface area contributed by atoms with Crippen molar-refractivity contribution in [2.75, 3.05) is 17.7 Å². The highest BCUT2D eigenvalue weighted by molar-refractivity contribution is 9.10. The van der Waals surface area contributed by atoms with Gasteiger partial charge < -0.3 is 10.6 Å². The summed E-state index contributed by atoms with van der Waals surface area (Å²) >= 11 is 3.44. The van der Waals surface area contributed by atoms with Gasteiger partial charge in [0.2, 0.25) is 0 Å².